The second-order valence-electron chi connectivity index (χ2n) is 6.87. The summed E-state index contributed by atoms with van der Waals surface area (Å²) < 4.78 is 32.1. The van der Waals surface area contributed by atoms with Crippen LogP contribution in [-0.2, 0) is 9.84 Å². The normalized spacial score (nSPS) is 12.3. The van der Waals surface area contributed by atoms with Crippen LogP contribution in [0.1, 0.15) is 20.8 Å². The maximum absolute atomic E-state index is 13.0. The fourth-order valence-corrected chi connectivity index (χ4v) is 3.90. The molecule has 0 aliphatic heterocycles. The van der Waals surface area contributed by atoms with E-state index in [0.29, 0.717) is 17.0 Å². The van der Waals surface area contributed by atoms with E-state index >= 15 is 0 Å². The van der Waals surface area contributed by atoms with Gasteiger partial charge in [-0.25, -0.2) is 13.4 Å². The van der Waals surface area contributed by atoms with Gasteiger partial charge in [0.25, 0.3) is 0 Å². The highest BCUT2D eigenvalue weighted by molar-refractivity contribution is 7.92. The molecule has 138 valence electrons. The Kier molecular flexibility index (Phi) is 4.39. The van der Waals surface area contributed by atoms with Crippen LogP contribution in [0.5, 0.6) is 5.75 Å². The van der Waals surface area contributed by atoms with Gasteiger partial charge in [0.15, 0.2) is 9.84 Å². The minimum atomic E-state index is -3.61. The SMILES string of the molecule is CNc1ccnc(-c2cnc3cc(OC)c(S(=O)(=O)C(C)(C)C)cn23)c1. The number of ether oxygens (including phenoxy) is 1. The lowest BCUT2D eigenvalue weighted by atomic mass is 10.2. The minimum absolute atomic E-state index is 0.129. The summed E-state index contributed by atoms with van der Waals surface area (Å²) in [5.74, 6) is 0.279. The Balaban J connectivity index is 2.29. The standard InChI is InChI=1S/C18H22N4O3S/c1-18(2,3)26(23,24)16-11-22-14(10-21-17(22)9-15(16)25-5)13-8-12(19-4)6-7-20-13/h6-11H,1-5H3,(H,19,20). The van der Waals surface area contributed by atoms with Crippen molar-refractivity contribution in [3.05, 3.63) is 36.8 Å². The topological polar surface area (TPSA) is 85.6 Å². The van der Waals surface area contributed by atoms with E-state index in [1.807, 2.05) is 19.2 Å². The van der Waals surface area contributed by atoms with Crippen LogP contribution in [-0.4, -0.2) is 41.7 Å². The Bertz CT molecular complexity index is 1070. The van der Waals surface area contributed by atoms with E-state index in [9.17, 15) is 8.42 Å². The number of hydrogen-bond acceptors (Lipinski definition) is 6. The summed E-state index contributed by atoms with van der Waals surface area (Å²) >= 11 is 0. The fraction of sp³-hybridized carbons (Fsp3) is 0.333. The van der Waals surface area contributed by atoms with Crippen LogP contribution in [0.4, 0.5) is 5.69 Å². The first-order valence-electron chi connectivity index (χ1n) is 8.13. The molecule has 1 N–H and O–H groups in total. The van der Waals surface area contributed by atoms with Crippen LogP contribution in [0, 0.1) is 0 Å². The second-order valence-corrected chi connectivity index (χ2v) is 9.54. The summed E-state index contributed by atoms with van der Waals surface area (Å²) in [4.78, 5) is 8.88. The number of aromatic nitrogens is 3. The highest BCUT2D eigenvalue weighted by Gasteiger charge is 2.34. The average molecular weight is 374 g/mol. The highest BCUT2D eigenvalue weighted by Crippen LogP contribution is 2.34. The highest BCUT2D eigenvalue weighted by atomic mass is 32.2. The molecule has 0 bridgehead atoms. The Morgan fingerprint density at radius 1 is 1.19 bits per heavy atom. The number of hydrogen-bond donors (Lipinski definition) is 1. The van der Waals surface area contributed by atoms with Crippen LogP contribution in [0.2, 0.25) is 0 Å². The number of nitrogens with one attached hydrogen (secondary N) is 1. The molecule has 0 atom stereocenters. The molecule has 0 radical (unpaired) electrons. The van der Waals surface area contributed by atoms with Gasteiger partial charge in [-0.3, -0.25) is 9.38 Å². The van der Waals surface area contributed by atoms with Crippen molar-refractivity contribution in [2.45, 2.75) is 30.4 Å². The third kappa shape index (κ3) is 2.90. The molecule has 0 aliphatic carbocycles. The molecule has 7 nitrogen and oxygen atoms in total. The first-order chi connectivity index (χ1) is 12.2. The Morgan fingerprint density at radius 3 is 2.54 bits per heavy atom. The molecule has 0 spiro atoms. The van der Waals surface area contributed by atoms with Gasteiger partial charge < -0.3 is 10.1 Å². The van der Waals surface area contributed by atoms with Crippen molar-refractivity contribution < 1.29 is 13.2 Å². The second kappa shape index (κ2) is 6.28. The molecule has 3 rings (SSSR count). The van der Waals surface area contributed by atoms with Gasteiger partial charge in [0, 0.05) is 31.2 Å². The lowest BCUT2D eigenvalue weighted by Crippen LogP contribution is -2.28. The average Bonchev–Trinajstić information content (AvgIpc) is 3.02. The maximum atomic E-state index is 13.0. The molecule has 8 heteroatoms. The van der Waals surface area contributed by atoms with E-state index in [1.165, 1.54) is 7.11 Å². The van der Waals surface area contributed by atoms with E-state index in [-0.39, 0.29) is 10.6 Å². The van der Waals surface area contributed by atoms with Gasteiger partial charge in [-0.05, 0) is 32.9 Å². The van der Waals surface area contributed by atoms with Crippen molar-refractivity contribution in [1.29, 1.82) is 0 Å². The lowest BCUT2D eigenvalue weighted by Gasteiger charge is -2.21. The fourth-order valence-electron chi connectivity index (χ4n) is 2.59. The largest absolute Gasteiger partial charge is 0.495 e. The number of sulfone groups is 1. The van der Waals surface area contributed by atoms with Gasteiger partial charge in [-0.15, -0.1) is 0 Å². The number of imidazole rings is 1. The summed E-state index contributed by atoms with van der Waals surface area (Å²) in [5.41, 5.74) is 2.88. The molecular weight excluding hydrogens is 352 g/mol. The molecule has 0 aliphatic rings. The Morgan fingerprint density at radius 2 is 1.92 bits per heavy atom. The van der Waals surface area contributed by atoms with Gasteiger partial charge in [0.2, 0.25) is 0 Å². The van der Waals surface area contributed by atoms with Gasteiger partial charge in [-0.1, -0.05) is 0 Å². The van der Waals surface area contributed by atoms with Gasteiger partial charge in [0.05, 0.1) is 29.4 Å². The van der Waals surface area contributed by atoms with Gasteiger partial charge >= 0.3 is 0 Å². The summed E-state index contributed by atoms with van der Waals surface area (Å²) in [6.07, 6.45) is 4.92. The zero-order chi connectivity index (χ0) is 19.1. The summed E-state index contributed by atoms with van der Waals surface area (Å²) in [6.45, 7) is 5.00. The molecule has 0 amide bonds. The van der Waals surface area contributed by atoms with Crippen LogP contribution in [0.15, 0.2) is 41.7 Å². The van der Waals surface area contributed by atoms with Crippen molar-refractivity contribution >= 4 is 21.2 Å². The van der Waals surface area contributed by atoms with Gasteiger partial charge in [0.1, 0.15) is 16.3 Å². The van der Waals surface area contributed by atoms with Crippen LogP contribution < -0.4 is 10.1 Å². The van der Waals surface area contributed by atoms with E-state index in [4.69, 9.17) is 4.74 Å². The predicted molar refractivity (Wildman–Crippen MR) is 101 cm³/mol. The van der Waals surface area contributed by atoms with E-state index in [0.717, 1.165) is 5.69 Å². The molecule has 3 heterocycles. The number of rotatable bonds is 4. The monoisotopic (exact) mass is 374 g/mol. The quantitative estimate of drug-likeness (QED) is 0.755. The van der Waals surface area contributed by atoms with Crippen molar-refractivity contribution in [1.82, 2.24) is 14.4 Å². The maximum Gasteiger partial charge on any atom is 0.188 e. The lowest BCUT2D eigenvalue weighted by molar-refractivity contribution is 0.401. The van der Waals surface area contributed by atoms with Crippen LogP contribution in [0.3, 0.4) is 0 Å². The Hall–Kier alpha value is -2.61. The molecule has 0 saturated heterocycles. The molecule has 0 aromatic carbocycles. The minimum Gasteiger partial charge on any atom is -0.495 e. The molecule has 3 aromatic heterocycles. The molecular formula is C18H22N4O3S. The van der Waals surface area contributed by atoms with Crippen molar-refractivity contribution in [2.75, 3.05) is 19.5 Å². The number of methoxy groups -OCH3 is 1. The van der Waals surface area contributed by atoms with Crippen molar-refractivity contribution in [3.8, 4) is 17.1 Å². The third-order valence-electron chi connectivity index (χ3n) is 4.20. The van der Waals surface area contributed by atoms with E-state index in [2.05, 4.69) is 15.3 Å². The first-order valence-corrected chi connectivity index (χ1v) is 9.61. The summed E-state index contributed by atoms with van der Waals surface area (Å²) in [5, 5.41) is 3.07. The zero-order valence-corrected chi connectivity index (χ0v) is 16.3. The zero-order valence-electron chi connectivity index (χ0n) is 15.4. The van der Waals surface area contributed by atoms with Gasteiger partial charge in [-0.2, -0.15) is 0 Å². The predicted octanol–water partition coefficient (Wildman–Crippen LogP) is 3.02. The number of pyridine rings is 2. The van der Waals surface area contributed by atoms with Crippen molar-refractivity contribution in [3.63, 3.8) is 0 Å². The first kappa shape index (κ1) is 18.2. The van der Waals surface area contributed by atoms with Crippen LogP contribution >= 0.6 is 0 Å². The smallest absolute Gasteiger partial charge is 0.188 e. The van der Waals surface area contributed by atoms with E-state index < -0.39 is 14.6 Å². The molecule has 0 unspecified atom stereocenters. The van der Waals surface area contributed by atoms with Crippen molar-refractivity contribution in [2.24, 2.45) is 0 Å². The summed E-state index contributed by atoms with van der Waals surface area (Å²) in [6, 6.07) is 5.36. The number of fused-ring (bicyclic) bond motifs is 1. The molecule has 0 fully saturated rings. The van der Waals surface area contributed by atoms with E-state index in [1.54, 1.807) is 49.8 Å². The molecule has 0 saturated carbocycles. The molecule has 26 heavy (non-hydrogen) atoms. The Labute approximate surface area is 153 Å². The summed E-state index contributed by atoms with van der Waals surface area (Å²) in [7, 11) is -0.327. The third-order valence-corrected chi connectivity index (χ3v) is 6.70. The number of nitrogens with zero attached hydrogens (tertiary/aromatic N) is 3. The van der Waals surface area contributed by atoms with Crippen LogP contribution in [0.25, 0.3) is 17.0 Å². The molecule has 3 aromatic rings. The number of anilines is 1.